The molecule has 0 bridgehead atoms. The first-order valence-corrected chi connectivity index (χ1v) is 12.0. The monoisotopic (exact) mass is 477 g/mol. The molecule has 1 N–H and O–H groups in total. The zero-order valence-electron chi connectivity index (χ0n) is 21.4. The number of amides is 1. The molecule has 0 aliphatic carbocycles. The number of hydrogen-bond donors (Lipinski definition) is 1. The van der Waals surface area contributed by atoms with Crippen LogP contribution in [0.3, 0.4) is 0 Å². The predicted molar refractivity (Wildman–Crippen MR) is 138 cm³/mol. The van der Waals surface area contributed by atoms with Gasteiger partial charge in [-0.3, -0.25) is 9.59 Å². The van der Waals surface area contributed by atoms with Crippen LogP contribution in [0.5, 0.6) is 11.5 Å². The summed E-state index contributed by atoms with van der Waals surface area (Å²) in [5.74, 6) is 1.23. The Balaban J connectivity index is 1.61. The SMILES string of the molecule is CCOc1ccc(-c2ccc(=O)n(CCNC(=O)C(C)Oc3ccc(C)cc3C(C)(C)C)n2)cc1. The van der Waals surface area contributed by atoms with Crippen LogP contribution in [0.15, 0.2) is 59.4 Å². The fraction of sp³-hybridized carbons (Fsp3) is 0.393. The van der Waals surface area contributed by atoms with Gasteiger partial charge in [0.1, 0.15) is 11.5 Å². The van der Waals surface area contributed by atoms with Crippen molar-refractivity contribution in [1.82, 2.24) is 15.1 Å². The Morgan fingerprint density at radius 3 is 2.46 bits per heavy atom. The molecule has 0 saturated carbocycles. The Labute approximate surface area is 207 Å². The van der Waals surface area contributed by atoms with Gasteiger partial charge in [0.2, 0.25) is 0 Å². The van der Waals surface area contributed by atoms with E-state index in [1.807, 2.05) is 50.2 Å². The minimum absolute atomic E-state index is 0.112. The summed E-state index contributed by atoms with van der Waals surface area (Å²) in [6.07, 6.45) is -0.682. The van der Waals surface area contributed by atoms with Crippen LogP contribution in [0, 0.1) is 6.92 Å². The maximum atomic E-state index is 12.7. The fourth-order valence-corrected chi connectivity index (χ4v) is 3.66. The highest BCUT2D eigenvalue weighted by Crippen LogP contribution is 2.32. The second-order valence-electron chi connectivity index (χ2n) is 9.54. The van der Waals surface area contributed by atoms with Crippen molar-refractivity contribution in [3.05, 3.63) is 76.1 Å². The highest BCUT2D eigenvalue weighted by Gasteiger charge is 2.22. The summed E-state index contributed by atoms with van der Waals surface area (Å²) < 4.78 is 12.8. The molecule has 0 spiro atoms. The van der Waals surface area contributed by atoms with Gasteiger partial charge >= 0.3 is 0 Å². The van der Waals surface area contributed by atoms with Gasteiger partial charge in [0.05, 0.1) is 18.8 Å². The van der Waals surface area contributed by atoms with Crippen LogP contribution in [-0.4, -0.2) is 34.9 Å². The number of carbonyl (C=O) groups excluding carboxylic acids is 1. The first-order chi connectivity index (χ1) is 16.6. The van der Waals surface area contributed by atoms with Crippen molar-refractivity contribution in [2.45, 2.75) is 59.6 Å². The second kappa shape index (κ2) is 11.2. The number of hydrogen-bond acceptors (Lipinski definition) is 5. The molecular weight excluding hydrogens is 442 g/mol. The van der Waals surface area contributed by atoms with E-state index in [0.717, 1.165) is 22.4 Å². The normalized spacial score (nSPS) is 12.2. The molecule has 3 aromatic rings. The predicted octanol–water partition coefficient (Wildman–Crippen LogP) is 4.50. The standard InChI is InChI=1S/C28H35N3O4/c1-7-34-22-11-9-21(10-12-22)24-13-15-26(32)31(30-24)17-16-29-27(33)20(3)35-25-14-8-19(2)18-23(25)28(4,5)6/h8-15,18,20H,7,16-17H2,1-6H3,(H,29,33). The Bertz CT molecular complexity index is 1210. The minimum atomic E-state index is -0.682. The highest BCUT2D eigenvalue weighted by atomic mass is 16.5. The van der Waals surface area contributed by atoms with Gasteiger partial charge in [-0.25, -0.2) is 4.68 Å². The van der Waals surface area contributed by atoms with Crippen molar-refractivity contribution in [2.75, 3.05) is 13.2 Å². The van der Waals surface area contributed by atoms with Gasteiger partial charge in [0, 0.05) is 18.2 Å². The summed E-state index contributed by atoms with van der Waals surface area (Å²) in [6.45, 7) is 13.1. The molecule has 7 heteroatoms. The molecule has 1 aromatic heterocycles. The zero-order valence-corrected chi connectivity index (χ0v) is 21.4. The number of nitrogens with zero attached hydrogens (tertiary/aromatic N) is 2. The van der Waals surface area contributed by atoms with E-state index in [-0.39, 0.29) is 30.0 Å². The van der Waals surface area contributed by atoms with Crippen LogP contribution < -0.4 is 20.3 Å². The van der Waals surface area contributed by atoms with Gasteiger partial charge in [-0.2, -0.15) is 5.10 Å². The second-order valence-corrected chi connectivity index (χ2v) is 9.54. The molecule has 2 aromatic carbocycles. The van der Waals surface area contributed by atoms with Crippen LogP contribution in [0.25, 0.3) is 11.3 Å². The van der Waals surface area contributed by atoms with E-state index >= 15 is 0 Å². The summed E-state index contributed by atoms with van der Waals surface area (Å²) in [5.41, 5.74) is 3.40. The Kier molecular flexibility index (Phi) is 8.33. The van der Waals surface area contributed by atoms with E-state index in [1.54, 1.807) is 13.0 Å². The molecule has 3 rings (SSSR count). The van der Waals surface area contributed by atoms with Gasteiger partial charge in [-0.1, -0.05) is 38.5 Å². The summed E-state index contributed by atoms with van der Waals surface area (Å²) in [7, 11) is 0. The van der Waals surface area contributed by atoms with E-state index in [4.69, 9.17) is 9.47 Å². The van der Waals surface area contributed by atoms with Gasteiger partial charge in [-0.15, -0.1) is 0 Å². The van der Waals surface area contributed by atoms with Gasteiger partial charge in [0.15, 0.2) is 6.10 Å². The Hall–Kier alpha value is -3.61. The molecular formula is C28H35N3O4. The van der Waals surface area contributed by atoms with Crippen LogP contribution >= 0.6 is 0 Å². The molecule has 0 aliphatic heterocycles. The van der Waals surface area contributed by atoms with E-state index in [9.17, 15) is 9.59 Å². The lowest BCUT2D eigenvalue weighted by Crippen LogP contribution is -2.39. The third-order valence-corrected chi connectivity index (χ3v) is 5.57. The lowest BCUT2D eigenvalue weighted by Gasteiger charge is -2.25. The van der Waals surface area contributed by atoms with Crippen molar-refractivity contribution in [3.8, 4) is 22.8 Å². The maximum absolute atomic E-state index is 12.7. The first kappa shape index (κ1) is 26.0. The Morgan fingerprint density at radius 2 is 1.80 bits per heavy atom. The number of rotatable bonds is 9. The minimum Gasteiger partial charge on any atom is -0.494 e. The topological polar surface area (TPSA) is 82.5 Å². The lowest BCUT2D eigenvalue weighted by molar-refractivity contribution is -0.127. The molecule has 186 valence electrons. The van der Waals surface area contributed by atoms with Crippen molar-refractivity contribution < 1.29 is 14.3 Å². The molecule has 0 aliphatic rings. The van der Waals surface area contributed by atoms with Crippen LogP contribution in [0.4, 0.5) is 0 Å². The third-order valence-electron chi connectivity index (χ3n) is 5.57. The molecule has 1 unspecified atom stereocenters. The average Bonchev–Trinajstić information content (AvgIpc) is 2.81. The van der Waals surface area contributed by atoms with Crippen molar-refractivity contribution in [1.29, 1.82) is 0 Å². The lowest BCUT2D eigenvalue weighted by atomic mass is 9.85. The molecule has 1 heterocycles. The largest absolute Gasteiger partial charge is 0.494 e. The van der Waals surface area contributed by atoms with Crippen molar-refractivity contribution >= 4 is 5.91 Å². The van der Waals surface area contributed by atoms with Gasteiger partial charge in [-0.05, 0) is 68.1 Å². The van der Waals surface area contributed by atoms with Gasteiger partial charge < -0.3 is 14.8 Å². The average molecular weight is 478 g/mol. The van der Waals surface area contributed by atoms with Crippen LogP contribution in [0.2, 0.25) is 0 Å². The summed E-state index contributed by atoms with van der Waals surface area (Å²) >= 11 is 0. The van der Waals surface area contributed by atoms with E-state index in [2.05, 4.69) is 37.3 Å². The van der Waals surface area contributed by atoms with Crippen LogP contribution in [0.1, 0.15) is 45.7 Å². The number of benzene rings is 2. The van der Waals surface area contributed by atoms with E-state index < -0.39 is 6.10 Å². The fourth-order valence-electron chi connectivity index (χ4n) is 3.66. The number of aromatic nitrogens is 2. The van der Waals surface area contributed by atoms with Crippen molar-refractivity contribution in [3.63, 3.8) is 0 Å². The molecule has 1 amide bonds. The quantitative estimate of drug-likeness (QED) is 0.491. The molecule has 7 nitrogen and oxygen atoms in total. The Morgan fingerprint density at radius 1 is 1.09 bits per heavy atom. The molecule has 1 atom stereocenters. The third kappa shape index (κ3) is 6.94. The smallest absolute Gasteiger partial charge is 0.266 e. The number of aryl methyl sites for hydroxylation is 1. The molecule has 0 fully saturated rings. The number of nitrogens with one attached hydrogen (secondary N) is 1. The zero-order chi connectivity index (χ0) is 25.6. The van der Waals surface area contributed by atoms with Crippen LogP contribution in [-0.2, 0) is 16.8 Å². The highest BCUT2D eigenvalue weighted by molar-refractivity contribution is 5.80. The van der Waals surface area contributed by atoms with E-state index in [0.29, 0.717) is 18.1 Å². The first-order valence-electron chi connectivity index (χ1n) is 12.0. The van der Waals surface area contributed by atoms with E-state index in [1.165, 1.54) is 10.7 Å². The summed E-state index contributed by atoms with van der Waals surface area (Å²) in [5, 5.41) is 7.30. The number of carbonyl (C=O) groups is 1. The van der Waals surface area contributed by atoms with Gasteiger partial charge in [0.25, 0.3) is 11.5 Å². The summed E-state index contributed by atoms with van der Waals surface area (Å²) in [6, 6.07) is 16.7. The maximum Gasteiger partial charge on any atom is 0.266 e. The number of ether oxygens (including phenoxy) is 2. The van der Waals surface area contributed by atoms with Crippen molar-refractivity contribution in [2.24, 2.45) is 0 Å². The molecule has 35 heavy (non-hydrogen) atoms. The summed E-state index contributed by atoms with van der Waals surface area (Å²) in [4.78, 5) is 25.0. The molecule has 0 saturated heterocycles. The molecule has 0 radical (unpaired) electrons.